The van der Waals surface area contributed by atoms with Gasteiger partial charge in [0.05, 0.1) is 0 Å². The van der Waals surface area contributed by atoms with Crippen LogP contribution in [0.4, 0.5) is 0 Å². The number of rotatable bonds is 1. The van der Waals surface area contributed by atoms with E-state index in [1.165, 1.54) is 4.47 Å². The van der Waals surface area contributed by atoms with Crippen LogP contribution in [0.5, 0.6) is 0 Å². The van der Waals surface area contributed by atoms with E-state index in [4.69, 9.17) is 0 Å². The molecule has 0 unspecified atom stereocenters. The van der Waals surface area contributed by atoms with Gasteiger partial charge in [-0.25, -0.2) is 0 Å². The number of hydrogen-bond donors (Lipinski definition) is 0. The average molecular weight is 285 g/mol. The fourth-order valence-corrected chi connectivity index (χ4v) is 0. The Kier molecular flexibility index (Phi) is 6.39. The summed E-state index contributed by atoms with van der Waals surface area (Å²) >= 11 is 2.56. The van der Waals surface area contributed by atoms with Gasteiger partial charge >= 0.3 is 46.9 Å². The molecule has 0 saturated heterocycles. The molecule has 0 aliphatic heterocycles. The van der Waals surface area contributed by atoms with Crippen molar-refractivity contribution in [1.29, 1.82) is 0 Å². The predicted octanol–water partition coefficient (Wildman–Crippen LogP) is -0.0554. The Morgan fingerprint density at radius 3 is 2.25 bits per heavy atom. The van der Waals surface area contributed by atoms with Gasteiger partial charge in [-0.3, -0.25) is 0 Å². The average Bonchev–Trinajstić information content (AvgIpc) is 1.37. The van der Waals surface area contributed by atoms with Gasteiger partial charge in [0, 0.05) is 0 Å². The predicted molar refractivity (Wildman–Crippen MR) is 23.4 cm³/mol. The van der Waals surface area contributed by atoms with E-state index in [1.54, 1.807) is 0 Å². The quantitative estimate of drug-likeness (QED) is 0.592. The van der Waals surface area contributed by atoms with Gasteiger partial charge in [0.15, 0.2) is 0 Å². The molecule has 0 nitrogen and oxygen atoms in total. The van der Waals surface area contributed by atoms with Gasteiger partial charge in [-0.15, -0.1) is 0 Å². The van der Waals surface area contributed by atoms with Crippen LogP contribution in [-0.2, 0) is 0 Å². The summed E-state index contributed by atoms with van der Waals surface area (Å²) in [6.07, 6.45) is 0. The van der Waals surface area contributed by atoms with Crippen LogP contribution in [0.25, 0.3) is 0 Å². The molecule has 4 heavy (non-hydrogen) atoms. The monoisotopic (exact) mass is 290 g/mol. The molecule has 0 radical (unpaired) electrons. The molecule has 0 N–H and O–H groups in total. The summed E-state index contributed by atoms with van der Waals surface area (Å²) < 4.78 is 1.47. The third-order valence-corrected chi connectivity index (χ3v) is 5.81. The molecular formula is C2H6Te2. The molecule has 0 heterocycles. The Hall–Kier alpha value is 1.58. The Bertz CT molecular complexity index is 6.00. The van der Waals surface area contributed by atoms with Crippen molar-refractivity contribution in [2.75, 3.05) is 0 Å². The van der Waals surface area contributed by atoms with Crippen molar-refractivity contribution in [3.05, 3.63) is 0 Å². The van der Waals surface area contributed by atoms with E-state index in [2.05, 4.69) is 6.92 Å². The molecule has 0 aromatic heterocycles. The third-order valence-electron chi connectivity index (χ3n) is 0.129. The maximum atomic E-state index is 2.25. The van der Waals surface area contributed by atoms with Crippen molar-refractivity contribution in [3.8, 4) is 0 Å². The molecule has 0 rings (SSSR count). The Balaban J connectivity index is 1.97. The van der Waals surface area contributed by atoms with Crippen molar-refractivity contribution in [1.82, 2.24) is 0 Å². The first-order valence-corrected chi connectivity index (χ1v) is 10.9. The van der Waals surface area contributed by atoms with Crippen LogP contribution in [0.1, 0.15) is 6.92 Å². The molecule has 0 aromatic rings. The Morgan fingerprint density at radius 2 is 2.25 bits per heavy atom. The van der Waals surface area contributed by atoms with E-state index in [0.717, 1.165) is 0 Å². The standard InChI is InChI=1S/C2H6Te2/c1-2-4-3/h3H,2H2,1H3. The summed E-state index contributed by atoms with van der Waals surface area (Å²) in [6.45, 7) is 2.25. The first-order chi connectivity index (χ1) is 1.91. The second-order valence-corrected chi connectivity index (χ2v) is 7.75. The van der Waals surface area contributed by atoms with Crippen molar-refractivity contribution in [3.63, 3.8) is 0 Å². The SMILES string of the molecule is CC[Te][TeH]. The molecule has 0 aliphatic rings. The summed E-state index contributed by atoms with van der Waals surface area (Å²) in [5.74, 6) is 0. The Morgan fingerprint density at radius 1 is 2.00 bits per heavy atom. The second kappa shape index (κ2) is 4.58. The molecule has 0 atom stereocenters. The molecule has 26 valence electrons. The molecule has 0 fully saturated rings. The molecule has 0 bridgehead atoms. The van der Waals surface area contributed by atoms with E-state index in [1.807, 2.05) is 18.4 Å². The van der Waals surface area contributed by atoms with Crippen molar-refractivity contribution in [2.45, 2.75) is 11.4 Å². The van der Waals surface area contributed by atoms with Gasteiger partial charge in [0.1, 0.15) is 0 Å². The molecule has 0 spiro atoms. The van der Waals surface area contributed by atoms with Crippen molar-refractivity contribution < 1.29 is 0 Å². The fourth-order valence-electron chi connectivity index (χ4n) is 0. The molecule has 2 heteroatoms. The van der Waals surface area contributed by atoms with E-state index in [-0.39, 0.29) is 0 Å². The van der Waals surface area contributed by atoms with Crippen LogP contribution < -0.4 is 0 Å². The molecule has 0 aliphatic carbocycles. The topological polar surface area (TPSA) is 0 Å². The summed E-state index contributed by atoms with van der Waals surface area (Å²) in [5, 5.41) is 0. The van der Waals surface area contributed by atoms with E-state index in [0.29, 0.717) is 17.1 Å². The van der Waals surface area contributed by atoms with Crippen LogP contribution in [0.15, 0.2) is 0 Å². The maximum absolute atomic E-state index is 2.25. The van der Waals surface area contributed by atoms with E-state index >= 15 is 0 Å². The summed E-state index contributed by atoms with van der Waals surface area (Å²) in [4.78, 5) is 0. The van der Waals surface area contributed by atoms with Gasteiger partial charge in [0.2, 0.25) is 0 Å². The van der Waals surface area contributed by atoms with Crippen LogP contribution >= 0.6 is 0 Å². The van der Waals surface area contributed by atoms with Gasteiger partial charge in [0.25, 0.3) is 0 Å². The van der Waals surface area contributed by atoms with Gasteiger partial charge < -0.3 is 0 Å². The second-order valence-electron chi connectivity index (χ2n) is 0.418. The fraction of sp³-hybridized carbons (Fsp3) is 1.00. The van der Waals surface area contributed by atoms with Crippen molar-refractivity contribution >= 4 is 35.5 Å². The first kappa shape index (κ1) is 5.58. The van der Waals surface area contributed by atoms with E-state index < -0.39 is 0 Å². The third kappa shape index (κ3) is 3.58. The van der Waals surface area contributed by atoms with Crippen molar-refractivity contribution in [2.24, 2.45) is 0 Å². The molecule has 0 saturated carbocycles. The molecule has 0 amide bonds. The van der Waals surface area contributed by atoms with Gasteiger partial charge in [-0.2, -0.15) is 0 Å². The minimum absolute atomic E-state index is 0.532. The minimum atomic E-state index is 0.532. The normalized spacial score (nSPS) is 7.50. The summed E-state index contributed by atoms with van der Waals surface area (Å²) in [5.41, 5.74) is 0. The van der Waals surface area contributed by atoms with E-state index in [9.17, 15) is 0 Å². The summed E-state index contributed by atoms with van der Waals surface area (Å²) in [7, 11) is 0. The van der Waals surface area contributed by atoms with Crippen LogP contribution in [0.2, 0.25) is 4.47 Å². The molecular weight excluding hydrogens is 279 g/mol. The van der Waals surface area contributed by atoms with Crippen LogP contribution in [-0.4, -0.2) is 35.5 Å². The zero-order chi connectivity index (χ0) is 3.41. The van der Waals surface area contributed by atoms with Crippen LogP contribution in [0.3, 0.4) is 0 Å². The zero-order valence-electron chi connectivity index (χ0n) is 2.56. The summed E-state index contributed by atoms with van der Waals surface area (Å²) in [6, 6.07) is 0. The Labute approximate surface area is 46.5 Å². The zero-order valence-corrected chi connectivity index (χ0v) is 7.45. The van der Waals surface area contributed by atoms with Gasteiger partial charge in [-0.1, -0.05) is 0 Å². The number of hydrogen-bond acceptors (Lipinski definition) is 0. The van der Waals surface area contributed by atoms with Crippen LogP contribution in [0, 0.1) is 0 Å². The van der Waals surface area contributed by atoms with Gasteiger partial charge in [-0.05, 0) is 0 Å². The molecule has 0 aromatic carbocycles. The first-order valence-electron chi connectivity index (χ1n) is 1.18.